The quantitative estimate of drug-likeness (QED) is 0.695. The van der Waals surface area contributed by atoms with E-state index >= 15 is 0 Å². The Hall–Kier alpha value is -2.37. The summed E-state index contributed by atoms with van der Waals surface area (Å²) in [4.78, 5) is 16.7. The Kier molecular flexibility index (Phi) is 5.68. The number of hydrogen-bond acceptors (Lipinski definition) is 4. The first-order valence-electron chi connectivity index (χ1n) is 7.79. The summed E-state index contributed by atoms with van der Waals surface area (Å²) in [6.45, 7) is 0.510. The minimum atomic E-state index is -0.170. The third-order valence-electron chi connectivity index (χ3n) is 3.67. The molecular weight excluding hydrogens is 356 g/mol. The molecule has 0 bridgehead atoms. The van der Waals surface area contributed by atoms with E-state index in [4.69, 9.17) is 16.3 Å². The number of benzene rings is 2. The summed E-state index contributed by atoms with van der Waals surface area (Å²) in [5.41, 5.74) is 2.49. The minimum absolute atomic E-state index is 0.170. The fraction of sp³-hybridized carbons (Fsp3) is 0.158. The van der Waals surface area contributed by atoms with Crippen LogP contribution in [0.2, 0.25) is 5.02 Å². The molecule has 6 heteroatoms. The molecule has 3 aromatic rings. The smallest absolute Gasteiger partial charge is 0.252 e. The third-order valence-corrected chi connectivity index (χ3v) is 4.94. The van der Waals surface area contributed by atoms with Crippen LogP contribution in [0.4, 0.5) is 0 Å². The fourth-order valence-electron chi connectivity index (χ4n) is 2.33. The number of amides is 1. The van der Waals surface area contributed by atoms with Crippen molar-refractivity contribution in [2.75, 3.05) is 13.7 Å². The van der Waals surface area contributed by atoms with E-state index < -0.39 is 0 Å². The van der Waals surface area contributed by atoms with E-state index in [9.17, 15) is 4.79 Å². The Morgan fingerprint density at radius 1 is 1.20 bits per heavy atom. The highest BCUT2D eigenvalue weighted by Gasteiger charge is 2.10. The van der Waals surface area contributed by atoms with E-state index in [0.717, 1.165) is 22.0 Å². The lowest BCUT2D eigenvalue weighted by Gasteiger charge is -2.05. The van der Waals surface area contributed by atoms with Crippen molar-refractivity contribution in [1.29, 1.82) is 0 Å². The Morgan fingerprint density at radius 2 is 1.96 bits per heavy atom. The molecule has 0 atom stereocenters. The van der Waals surface area contributed by atoms with Crippen LogP contribution in [-0.2, 0) is 6.42 Å². The molecule has 0 saturated heterocycles. The van der Waals surface area contributed by atoms with Gasteiger partial charge in [-0.1, -0.05) is 23.7 Å². The van der Waals surface area contributed by atoms with Crippen molar-refractivity contribution in [2.45, 2.75) is 6.42 Å². The van der Waals surface area contributed by atoms with E-state index in [2.05, 4.69) is 10.3 Å². The summed E-state index contributed by atoms with van der Waals surface area (Å²) in [6, 6.07) is 14.8. The van der Waals surface area contributed by atoms with E-state index in [-0.39, 0.29) is 5.91 Å². The van der Waals surface area contributed by atoms with Crippen LogP contribution in [0.15, 0.2) is 53.9 Å². The number of ether oxygens (including phenoxy) is 1. The van der Waals surface area contributed by atoms with Crippen LogP contribution >= 0.6 is 22.9 Å². The first-order chi connectivity index (χ1) is 12.2. The summed E-state index contributed by atoms with van der Waals surface area (Å²) in [7, 11) is 1.65. The zero-order valence-corrected chi connectivity index (χ0v) is 15.2. The molecule has 0 saturated carbocycles. The summed E-state index contributed by atoms with van der Waals surface area (Å²) in [5.74, 6) is 0.652. The van der Waals surface area contributed by atoms with E-state index in [1.807, 2.05) is 29.6 Å². The van der Waals surface area contributed by atoms with Crippen molar-refractivity contribution in [3.8, 4) is 16.3 Å². The van der Waals surface area contributed by atoms with Gasteiger partial charge in [-0.15, -0.1) is 11.3 Å². The van der Waals surface area contributed by atoms with Crippen molar-refractivity contribution in [3.05, 3.63) is 70.2 Å². The number of carbonyl (C=O) groups is 1. The number of thiazole rings is 1. The monoisotopic (exact) mass is 372 g/mol. The highest BCUT2D eigenvalue weighted by Crippen LogP contribution is 2.25. The summed E-state index contributed by atoms with van der Waals surface area (Å²) >= 11 is 7.62. The molecule has 4 nitrogen and oxygen atoms in total. The molecule has 0 aliphatic rings. The predicted octanol–water partition coefficient (Wildman–Crippen LogP) is 4.44. The van der Waals surface area contributed by atoms with Gasteiger partial charge < -0.3 is 10.1 Å². The Labute approximate surface area is 155 Å². The second-order valence-electron chi connectivity index (χ2n) is 5.36. The maximum atomic E-state index is 12.1. The molecule has 2 aromatic carbocycles. The van der Waals surface area contributed by atoms with E-state index in [1.54, 1.807) is 42.7 Å². The van der Waals surface area contributed by atoms with E-state index in [0.29, 0.717) is 23.6 Å². The molecule has 0 radical (unpaired) electrons. The van der Waals surface area contributed by atoms with Crippen molar-refractivity contribution in [2.24, 2.45) is 0 Å². The molecule has 1 amide bonds. The summed E-state index contributed by atoms with van der Waals surface area (Å²) in [5, 5.41) is 6.30. The van der Waals surface area contributed by atoms with Gasteiger partial charge in [-0.2, -0.15) is 0 Å². The summed E-state index contributed by atoms with van der Waals surface area (Å²) in [6.07, 6.45) is 0.669. The third kappa shape index (κ3) is 4.38. The Bertz CT molecular complexity index is 862. The van der Waals surface area contributed by atoms with Crippen LogP contribution in [0.3, 0.4) is 0 Å². The largest absolute Gasteiger partial charge is 0.497 e. The molecule has 0 aliphatic carbocycles. The molecule has 25 heavy (non-hydrogen) atoms. The number of halogens is 1. The fourth-order valence-corrected chi connectivity index (χ4v) is 3.41. The normalized spacial score (nSPS) is 10.5. The number of hydrogen-bond donors (Lipinski definition) is 1. The van der Waals surface area contributed by atoms with Crippen LogP contribution in [0, 0.1) is 0 Å². The van der Waals surface area contributed by atoms with Crippen LogP contribution in [-0.4, -0.2) is 24.5 Å². The van der Waals surface area contributed by atoms with Gasteiger partial charge in [0.2, 0.25) is 0 Å². The standard InChI is InChI=1S/C19H17ClN2O2S/c1-24-15-8-6-13(7-9-15)19-22-14(12-25-19)10-11-21-18(23)16-4-2-3-5-17(16)20/h2-9,12H,10-11H2,1H3,(H,21,23). The van der Waals surface area contributed by atoms with Crippen LogP contribution in [0.1, 0.15) is 16.1 Å². The highest BCUT2D eigenvalue weighted by molar-refractivity contribution is 7.13. The highest BCUT2D eigenvalue weighted by atomic mass is 35.5. The molecule has 0 spiro atoms. The molecule has 0 fully saturated rings. The average Bonchev–Trinajstić information content (AvgIpc) is 3.11. The van der Waals surface area contributed by atoms with Gasteiger partial charge in [0, 0.05) is 23.9 Å². The van der Waals surface area contributed by atoms with Crippen molar-refractivity contribution in [1.82, 2.24) is 10.3 Å². The Balaban J connectivity index is 1.56. The second kappa shape index (κ2) is 8.14. The van der Waals surface area contributed by atoms with Gasteiger partial charge in [0.15, 0.2) is 0 Å². The maximum absolute atomic E-state index is 12.1. The molecule has 0 unspecified atom stereocenters. The zero-order valence-electron chi connectivity index (χ0n) is 13.7. The van der Waals surface area contributed by atoms with E-state index in [1.165, 1.54) is 0 Å². The summed E-state index contributed by atoms with van der Waals surface area (Å²) < 4.78 is 5.16. The zero-order chi connectivity index (χ0) is 17.6. The molecule has 0 aliphatic heterocycles. The van der Waals surface area contributed by atoms with Crippen LogP contribution in [0.5, 0.6) is 5.75 Å². The number of methoxy groups -OCH3 is 1. The number of rotatable bonds is 6. The Morgan fingerprint density at radius 3 is 2.68 bits per heavy atom. The number of carbonyl (C=O) groups excluding carboxylic acids is 1. The topological polar surface area (TPSA) is 51.2 Å². The predicted molar refractivity (Wildman–Crippen MR) is 102 cm³/mol. The SMILES string of the molecule is COc1ccc(-c2nc(CCNC(=O)c3ccccc3Cl)cs2)cc1. The van der Waals surface area contributed by atoms with Crippen molar-refractivity contribution < 1.29 is 9.53 Å². The van der Waals surface area contributed by atoms with Crippen LogP contribution < -0.4 is 10.1 Å². The first kappa shape index (κ1) is 17.5. The lowest BCUT2D eigenvalue weighted by molar-refractivity contribution is 0.0954. The van der Waals surface area contributed by atoms with Gasteiger partial charge >= 0.3 is 0 Å². The lowest BCUT2D eigenvalue weighted by atomic mass is 10.2. The van der Waals surface area contributed by atoms with Gasteiger partial charge in [-0.25, -0.2) is 4.98 Å². The number of aromatic nitrogens is 1. The van der Waals surface area contributed by atoms with Gasteiger partial charge in [0.1, 0.15) is 10.8 Å². The molecule has 1 heterocycles. The number of nitrogens with one attached hydrogen (secondary N) is 1. The van der Waals surface area contributed by atoms with Gasteiger partial charge in [0.05, 0.1) is 23.4 Å². The lowest BCUT2D eigenvalue weighted by Crippen LogP contribution is -2.26. The molecule has 1 aromatic heterocycles. The maximum Gasteiger partial charge on any atom is 0.252 e. The molecular formula is C19H17ClN2O2S. The van der Waals surface area contributed by atoms with Crippen molar-refractivity contribution >= 4 is 28.8 Å². The second-order valence-corrected chi connectivity index (χ2v) is 6.62. The van der Waals surface area contributed by atoms with Gasteiger partial charge in [0.25, 0.3) is 5.91 Å². The van der Waals surface area contributed by atoms with Crippen molar-refractivity contribution in [3.63, 3.8) is 0 Å². The number of nitrogens with zero attached hydrogens (tertiary/aromatic N) is 1. The minimum Gasteiger partial charge on any atom is -0.497 e. The molecule has 128 valence electrons. The molecule has 1 N–H and O–H groups in total. The first-order valence-corrected chi connectivity index (χ1v) is 9.04. The average molecular weight is 373 g/mol. The van der Waals surface area contributed by atoms with Gasteiger partial charge in [-0.3, -0.25) is 4.79 Å². The van der Waals surface area contributed by atoms with Gasteiger partial charge in [-0.05, 0) is 36.4 Å². The molecule has 3 rings (SSSR count). The van der Waals surface area contributed by atoms with Crippen LogP contribution in [0.25, 0.3) is 10.6 Å².